The van der Waals surface area contributed by atoms with Gasteiger partial charge in [0.1, 0.15) is 0 Å². The number of nitrogens with one attached hydrogen (secondary N) is 2. The molecule has 0 aromatic heterocycles. The third-order valence-corrected chi connectivity index (χ3v) is 2.39. The fraction of sp³-hybridized carbons (Fsp3) is 0.333. The van der Waals surface area contributed by atoms with Gasteiger partial charge in [-0.3, -0.25) is 0 Å². The van der Waals surface area contributed by atoms with E-state index in [1.807, 2.05) is 37.3 Å². The van der Waals surface area contributed by atoms with E-state index in [1.165, 1.54) is 0 Å². The minimum atomic E-state index is -1.59. The molecule has 0 spiro atoms. The average Bonchev–Trinajstić information content (AvgIpc) is 2.36. The second-order valence-electron chi connectivity index (χ2n) is 3.84. The van der Waals surface area contributed by atoms with Gasteiger partial charge >= 0.3 is 12.0 Å². The first kappa shape index (κ1) is 14.0. The van der Waals surface area contributed by atoms with E-state index in [-0.39, 0.29) is 12.6 Å². The molecule has 0 bridgehead atoms. The van der Waals surface area contributed by atoms with E-state index in [0.717, 1.165) is 5.56 Å². The summed E-state index contributed by atoms with van der Waals surface area (Å²) in [4.78, 5) is 21.8. The van der Waals surface area contributed by atoms with Gasteiger partial charge in [0.05, 0.1) is 12.6 Å². The Hall–Kier alpha value is -2.08. The first-order valence-corrected chi connectivity index (χ1v) is 5.51. The Kier molecular flexibility index (Phi) is 5.13. The molecule has 0 saturated carbocycles. The molecule has 0 heterocycles. The Morgan fingerprint density at radius 3 is 2.44 bits per heavy atom. The summed E-state index contributed by atoms with van der Waals surface area (Å²) in [6.07, 6.45) is -1.59. The maximum Gasteiger partial charge on any atom is 0.334 e. The zero-order valence-electron chi connectivity index (χ0n) is 9.96. The second-order valence-corrected chi connectivity index (χ2v) is 3.84. The van der Waals surface area contributed by atoms with Gasteiger partial charge in [-0.2, -0.15) is 0 Å². The van der Waals surface area contributed by atoms with Gasteiger partial charge in [0, 0.05) is 0 Å². The van der Waals surface area contributed by atoms with E-state index >= 15 is 0 Å². The standard InChI is InChI=1S/C12H16N2O4/c1-8(9-5-3-2-4-6-9)14-12(18)13-7-10(15)11(16)17/h2-6,8,10,15H,7H2,1H3,(H,16,17)(H2,13,14,18)/t8?,10-/m0/s1. The normalized spacial score (nSPS) is 13.4. The summed E-state index contributed by atoms with van der Waals surface area (Å²) in [7, 11) is 0. The number of hydrogen-bond acceptors (Lipinski definition) is 3. The van der Waals surface area contributed by atoms with E-state index in [4.69, 9.17) is 10.2 Å². The Morgan fingerprint density at radius 2 is 1.89 bits per heavy atom. The minimum Gasteiger partial charge on any atom is -0.479 e. The third kappa shape index (κ3) is 4.42. The van der Waals surface area contributed by atoms with Crippen molar-refractivity contribution in [3.05, 3.63) is 35.9 Å². The fourth-order valence-electron chi connectivity index (χ4n) is 1.35. The topological polar surface area (TPSA) is 98.7 Å². The van der Waals surface area contributed by atoms with Crippen molar-refractivity contribution in [2.24, 2.45) is 0 Å². The molecule has 0 fully saturated rings. The first-order valence-electron chi connectivity index (χ1n) is 5.51. The fourth-order valence-corrected chi connectivity index (χ4v) is 1.35. The van der Waals surface area contributed by atoms with Gasteiger partial charge in [-0.1, -0.05) is 30.3 Å². The summed E-state index contributed by atoms with van der Waals surface area (Å²) < 4.78 is 0. The summed E-state index contributed by atoms with van der Waals surface area (Å²) in [6, 6.07) is 8.62. The number of carbonyl (C=O) groups is 2. The van der Waals surface area contributed by atoms with Crippen LogP contribution >= 0.6 is 0 Å². The van der Waals surface area contributed by atoms with Crippen LogP contribution in [0.1, 0.15) is 18.5 Å². The Labute approximate surface area is 105 Å². The number of benzene rings is 1. The molecule has 2 amide bonds. The predicted molar refractivity (Wildman–Crippen MR) is 65.0 cm³/mol. The predicted octanol–water partition coefficient (Wildman–Crippen LogP) is 0.492. The molecular weight excluding hydrogens is 236 g/mol. The number of carboxylic acids is 1. The van der Waals surface area contributed by atoms with Gasteiger partial charge in [0.15, 0.2) is 6.10 Å². The molecule has 0 aliphatic rings. The molecule has 1 rings (SSSR count). The summed E-state index contributed by atoms with van der Waals surface area (Å²) in [5, 5.41) is 22.3. The van der Waals surface area contributed by atoms with Crippen molar-refractivity contribution in [3.63, 3.8) is 0 Å². The highest BCUT2D eigenvalue weighted by molar-refractivity contribution is 5.76. The number of rotatable bonds is 5. The van der Waals surface area contributed by atoms with Crippen LogP contribution in [-0.4, -0.2) is 34.9 Å². The molecule has 18 heavy (non-hydrogen) atoms. The quantitative estimate of drug-likeness (QED) is 0.613. The number of aliphatic carboxylic acids is 1. The van der Waals surface area contributed by atoms with Gasteiger partial charge in [-0.25, -0.2) is 9.59 Å². The molecule has 0 aliphatic heterocycles. The van der Waals surface area contributed by atoms with Crippen LogP contribution in [0.5, 0.6) is 0 Å². The van der Waals surface area contributed by atoms with Crippen molar-refractivity contribution >= 4 is 12.0 Å². The number of urea groups is 1. The number of amides is 2. The molecule has 6 nitrogen and oxygen atoms in total. The van der Waals surface area contributed by atoms with Crippen LogP contribution in [0.15, 0.2) is 30.3 Å². The van der Waals surface area contributed by atoms with E-state index < -0.39 is 18.1 Å². The third-order valence-electron chi connectivity index (χ3n) is 2.39. The maximum absolute atomic E-state index is 11.4. The van der Waals surface area contributed by atoms with E-state index in [1.54, 1.807) is 0 Å². The molecule has 1 aromatic rings. The van der Waals surface area contributed by atoms with Crippen molar-refractivity contribution in [2.75, 3.05) is 6.54 Å². The molecule has 4 N–H and O–H groups in total. The average molecular weight is 252 g/mol. The lowest BCUT2D eigenvalue weighted by Crippen LogP contribution is -2.42. The zero-order chi connectivity index (χ0) is 13.5. The van der Waals surface area contributed by atoms with Gasteiger partial charge in [0.2, 0.25) is 0 Å². The number of carboxylic acid groups (broad SMARTS) is 1. The lowest BCUT2D eigenvalue weighted by molar-refractivity contribution is -0.146. The van der Waals surface area contributed by atoms with Crippen LogP contribution < -0.4 is 10.6 Å². The second kappa shape index (κ2) is 6.61. The highest BCUT2D eigenvalue weighted by atomic mass is 16.4. The molecule has 0 radical (unpaired) electrons. The minimum absolute atomic E-state index is 0.201. The Balaban J connectivity index is 2.39. The SMILES string of the molecule is CC(NC(=O)NC[C@H](O)C(=O)O)c1ccccc1. The van der Waals surface area contributed by atoms with Crippen molar-refractivity contribution in [2.45, 2.75) is 19.1 Å². The van der Waals surface area contributed by atoms with Crippen LogP contribution in [-0.2, 0) is 4.79 Å². The highest BCUT2D eigenvalue weighted by Gasteiger charge is 2.15. The Bertz CT molecular complexity index is 408. The molecule has 1 unspecified atom stereocenters. The van der Waals surface area contributed by atoms with E-state index in [9.17, 15) is 9.59 Å². The summed E-state index contributed by atoms with van der Waals surface area (Å²) in [5.74, 6) is -1.37. The van der Waals surface area contributed by atoms with Crippen molar-refractivity contribution in [1.29, 1.82) is 0 Å². The van der Waals surface area contributed by atoms with Crippen LogP contribution in [0.2, 0.25) is 0 Å². The molecular formula is C12H16N2O4. The summed E-state index contributed by atoms with van der Waals surface area (Å²) >= 11 is 0. The molecule has 6 heteroatoms. The number of hydrogen-bond donors (Lipinski definition) is 4. The number of aliphatic hydroxyl groups excluding tert-OH is 1. The van der Waals surface area contributed by atoms with Crippen LogP contribution in [0.3, 0.4) is 0 Å². The van der Waals surface area contributed by atoms with Gasteiger partial charge in [-0.05, 0) is 12.5 Å². The molecule has 0 aliphatic carbocycles. The molecule has 2 atom stereocenters. The Morgan fingerprint density at radius 1 is 1.28 bits per heavy atom. The van der Waals surface area contributed by atoms with Crippen LogP contribution in [0.4, 0.5) is 4.79 Å². The largest absolute Gasteiger partial charge is 0.479 e. The highest BCUT2D eigenvalue weighted by Crippen LogP contribution is 2.10. The van der Waals surface area contributed by atoms with E-state index in [2.05, 4.69) is 10.6 Å². The molecule has 98 valence electrons. The number of aliphatic hydroxyl groups is 1. The summed E-state index contributed by atoms with van der Waals surface area (Å²) in [5.41, 5.74) is 0.937. The number of carbonyl (C=O) groups excluding carboxylic acids is 1. The van der Waals surface area contributed by atoms with Gasteiger partial charge < -0.3 is 20.8 Å². The first-order chi connectivity index (χ1) is 8.50. The lowest BCUT2D eigenvalue weighted by atomic mass is 10.1. The zero-order valence-corrected chi connectivity index (χ0v) is 9.96. The maximum atomic E-state index is 11.4. The van der Waals surface area contributed by atoms with Crippen molar-refractivity contribution < 1.29 is 19.8 Å². The molecule has 0 saturated heterocycles. The monoisotopic (exact) mass is 252 g/mol. The van der Waals surface area contributed by atoms with Crippen LogP contribution in [0.25, 0.3) is 0 Å². The summed E-state index contributed by atoms with van der Waals surface area (Å²) in [6.45, 7) is 1.48. The van der Waals surface area contributed by atoms with E-state index in [0.29, 0.717) is 0 Å². The van der Waals surface area contributed by atoms with Crippen molar-refractivity contribution in [3.8, 4) is 0 Å². The van der Waals surface area contributed by atoms with Gasteiger partial charge in [0.25, 0.3) is 0 Å². The van der Waals surface area contributed by atoms with Gasteiger partial charge in [-0.15, -0.1) is 0 Å². The molecule has 1 aromatic carbocycles. The van der Waals surface area contributed by atoms with Crippen LogP contribution in [0, 0.1) is 0 Å². The smallest absolute Gasteiger partial charge is 0.334 e. The van der Waals surface area contributed by atoms with Crippen molar-refractivity contribution in [1.82, 2.24) is 10.6 Å². The lowest BCUT2D eigenvalue weighted by Gasteiger charge is -2.15.